The van der Waals surface area contributed by atoms with Crippen molar-refractivity contribution in [3.63, 3.8) is 0 Å². The van der Waals surface area contributed by atoms with Crippen LogP contribution in [0.15, 0.2) is 30.5 Å². The second-order valence-corrected chi connectivity index (χ2v) is 4.17. The number of nitrogens with zero attached hydrogens (tertiary/aromatic N) is 1. The van der Waals surface area contributed by atoms with Crippen molar-refractivity contribution >= 4 is 34.8 Å². The SMILES string of the molecule is Clc1[c]ccc(Oc2ncc(Cl)cc2Cl)c1. The highest BCUT2D eigenvalue weighted by molar-refractivity contribution is 6.35. The summed E-state index contributed by atoms with van der Waals surface area (Å²) in [5.74, 6) is 0.828. The highest BCUT2D eigenvalue weighted by atomic mass is 35.5. The first-order chi connectivity index (χ1) is 7.65. The van der Waals surface area contributed by atoms with Gasteiger partial charge in [-0.05, 0) is 18.2 Å². The normalized spacial score (nSPS) is 10.2. The highest BCUT2D eigenvalue weighted by Crippen LogP contribution is 2.29. The minimum absolute atomic E-state index is 0.285. The van der Waals surface area contributed by atoms with Gasteiger partial charge in [-0.2, -0.15) is 0 Å². The third kappa shape index (κ3) is 2.79. The molecule has 16 heavy (non-hydrogen) atoms. The number of benzene rings is 1. The number of hydrogen-bond donors (Lipinski definition) is 0. The number of rotatable bonds is 2. The molecule has 1 aromatic heterocycles. The number of hydrogen-bond acceptors (Lipinski definition) is 2. The molecule has 2 nitrogen and oxygen atoms in total. The molecule has 0 atom stereocenters. The van der Waals surface area contributed by atoms with E-state index >= 15 is 0 Å². The van der Waals surface area contributed by atoms with Gasteiger partial charge in [0.05, 0.1) is 10.0 Å². The Hall–Kier alpha value is -0.960. The van der Waals surface area contributed by atoms with Crippen molar-refractivity contribution in [3.8, 4) is 11.6 Å². The molecule has 1 aromatic carbocycles. The molecular formula is C11H5Cl3NO. The molecule has 81 valence electrons. The van der Waals surface area contributed by atoms with Crippen LogP contribution in [0.1, 0.15) is 0 Å². The summed E-state index contributed by atoms with van der Waals surface area (Å²) in [6.45, 7) is 0. The summed E-state index contributed by atoms with van der Waals surface area (Å²) in [6.07, 6.45) is 1.46. The molecular weight excluding hydrogens is 268 g/mol. The van der Waals surface area contributed by atoms with Crippen molar-refractivity contribution in [1.29, 1.82) is 0 Å². The number of pyridine rings is 1. The minimum Gasteiger partial charge on any atom is -0.437 e. The Kier molecular flexibility index (Phi) is 3.54. The van der Waals surface area contributed by atoms with Crippen LogP contribution in [0.3, 0.4) is 0 Å². The van der Waals surface area contributed by atoms with Gasteiger partial charge < -0.3 is 4.74 Å². The third-order valence-electron chi connectivity index (χ3n) is 1.73. The third-order valence-corrected chi connectivity index (χ3v) is 2.42. The Labute approximate surface area is 108 Å². The zero-order valence-electron chi connectivity index (χ0n) is 7.88. The van der Waals surface area contributed by atoms with Crippen LogP contribution in [0.4, 0.5) is 0 Å². The molecule has 0 aliphatic heterocycles. The van der Waals surface area contributed by atoms with Crippen molar-refractivity contribution < 1.29 is 4.74 Å². The fourth-order valence-corrected chi connectivity index (χ4v) is 1.66. The summed E-state index contributed by atoms with van der Waals surface area (Å²) >= 11 is 17.4. The smallest absolute Gasteiger partial charge is 0.238 e. The first-order valence-corrected chi connectivity index (χ1v) is 5.44. The zero-order chi connectivity index (χ0) is 11.5. The monoisotopic (exact) mass is 272 g/mol. The van der Waals surface area contributed by atoms with Gasteiger partial charge in [-0.1, -0.05) is 34.8 Å². The van der Waals surface area contributed by atoms with Gasteiger partial charge in [-0.15, -0.1) is 0 Å². The van der Waals surface area contributed by atoms with Gasteiger partial charge in [0.25, 0.3) is 0 Å². The van der Waals surface area contributed by atoms with Gasteiger partial charge in [0.15, 0.2) is 0 Å². The van der Waals surface area contributed by atoms with Gasteiger partial charge in [-0.3, -0.25) is 0 Å². The van der Waals surface area contributed by atoms with Crippen LogP contribution in [-0.2, 0) is 0 Å². The summed E-state index contributed by atoms with van der Waals surface area (Å²) in [5, 5.41) is 1.26. The lowest BCUT2D eigenvalue weighted by atomic mass is 10.3. The van der Waals surface area contributed by atoms with Crippen molar-refractivity contribution in [2.45, 2.75) is 0 Å². The summed E-state index contributed by atoms with van der Waals surface area (Å²) in [5.41, 5.74) is 0. The van der Waals surface area contributed by atoms with Crippen LogP contribution in [0.2, 0.25) is 15.1 Å². The second kappa shape index (κ2) is 4.91. The summed E-state index contributed by atoms with van der Waals surface area (Å²) in [7, 11) is 0. The van der Waals surface area contributed by atoms with Crippen molar-refractivity contribution in [2.75, 3.05) is 0 Å². The Morgan fingerprint density at radius 2 is 2.00 bits per heavy atom. The van der Waals surface area contributed by atoms with E-state index in [9.17, 15) is 0 Å². The van der Waals surface area contributed by atoms with E-state index in [2.05, 4.69) is 11.1 Å². The predicted octanol–water partition coefficient (Wildman–Crippen LogP) is 4.63. The fraction of sp³-hybridized carbons (Fsp3) is 0. The molecule has 1 heterocycles. The largest absolute Gasteiger partial charge is 0.437 e. The highest BCUT2D eigenvalue weighted by Gasteiger charge is 2.05. The lowest BCUT2D eigenvalue weighted by Gasteiger charge is -2.06. The summed E-state index contributed by atoms with van der Waals surface area (Å²) < 4.78 is 5.44. The van der Waals surface area contributed by atoms with Gasteiger partial charge in [-0.25, -0.2) is 4.98 Å². The van der Waals surface area contributed by atoms with Crippen molar-refractivity contribution in [2.24, 2.45) is 0 Å². The molecule has 2 aromatic rings. The lowest BCUT2D eigenvalue weighted by Crippen LogP contribution is -1.88. The summed E-state index contributed by atoms with van der Waals surface area (Å²) in [4.78, 5) is 3.96. The minimum atomic E-state index is 0.285. The van der Waals surface area contributed by atoms with E-state index in [1.54, 1.807) is 24.3 Å². The molecule has 0 spiro atoms. The first kappa shape index (κ1) is 11.5. The molecule has 1 radical (unpaired) electrons. The standard InChI is InChI=1S/C11H5Cl3NO/c12-7-2-1-3-9(4-7)16-11-10(14)5-8(13)6-15-11/h1,3-6H. The zero-order valence-corrected chi connectivity index (χ0v) is 10.1. The predicted molar refractivity (Wildman–Crippen MR) is 64.6 cm³/mol. The quantitative estimate of drug-likeness (QED) is 0.795. The number of aromatic nitrogens is 1. The molecule has 0 aliphatic carbocycles. The second-order valence-electron chi connectivity index (χ2n) is 2.91. The molecule has 0 saturated heterocycles. The molecule has 0 bridgehead atoms. The molecule has 5 heteroatoms. The Balaban J connectivity index is 2.27. The molecule has 0 fully saturated rings. The average Bonchev–Trinajstić information content (AvgIpc) is 2.22. The maximum atomic E-state index is 5.91. The first-order valence-electron chi connectivity index (χ1n) is 4.31. The van der Waals surface area contributed by atoms with Crippen LogP contribution in [-0.4, -0.2) is 4.98 Å². The van der Waals surface area contributed by atoms with Crippen LogP contribution in [0.5, 0.6) is 11.6 Å². The van der Waals surface area contributed by atoms with Gasteiger partial charge in [0.1, 0.15) is 10.8 Å². The molecule has 2 rings (SSSR count). The topological polar surface area (TPSA) is 22.1 Å². The van der Waals surface area contributed by atoms with Crippen LogP contribution < -0.4 is 4.74 Å². The number of ether oxygens (including phenoxy) is 1. The maximum Gasteiger partial charge on any atom is 0.238 e. The van der Waals surface area contributed by atoms with E-state index in [1.165, 1.54) is 6.20 Å². The lowest BCUT2D eigenvalue weighted by molar-refractivity contribution is 0.463. The Morgan fingerprint density at radius 3 is 2.69 bits per heavy atom. The van der Waals surface area contributed by atoms with Crippen molar-refractivity contribution in [1.82, 2.24) is 4.98 Å². The molecule has 0 aliphatic rings. The number of halogens is 3. The van der Waals surface area contributed by atoms with Gasteiger partial charge >= 0.3 is 0 Å². The fourth-order valence-electron chi connectivity index (χ4n) is 1.07. The Bertz CT molecular complexity index is 516. The Morgan fingerprint density at radius 1 is 1.19 bits per heavy atom. The van der Waals surface area contributed by atoms with E-state index in [0.717, 1.165) is 0 Å². The molecule has 0 amide bonds. The van der Waals surface area contributed by atoms with Gasteiger partial charge in [0.2, 0.25) is 5.88 Å². The van der Waals surface area contributed by atoms with Crippen molar-refractivity contribution in [3.05, 3.63) is 51.6 Å². The van der Waals surface area contributed by atoms with Crippen LogP contribution >= 0.6 is 34.8 Å². The van der Waals surface area contributed by atoms with E-state index in [0.29, 0.717) is 20.8 Å². The van der Waals surface area contributed by atoms with Crippen LogP contribution in [0, 0.1) is 6.07 Å². The van der Waals surface area contributed by atoms with E-state index in [1.807, 2.05) is 0 Å². The van der Waals surface area contributed by atoms with E-state index < -0.39 is 0 Å². The summed E-state index contributed by atoms with van der Waals surface area (Å²) in [6, 6.07) is 9.33. The maximum absolute atomic E-state index is 5.91. The average molecular weight is 274 g/mol. The van der Waals surface area contributed by atoms with Crippen LogP contribution in [0.25, 0.3) is 0 Å². The molecule has 0 unspecified atom stereocenters. The van der Waals surface area contributed by atoms with E-state index in [4.69, 9.17) is 39.5 Å². The molecule has 0 N–H and O–H groups in total. The molecule has 0 saturated carbocycles. The van der Waals surface area contributed by atoms with E-state index in [-0.39, 0.29) is 5.88 Å². The van der Waals surface area contributed by atoms with Gasteiger partial charge in [0, 0.05) is 18.3 Å².